The Morgan fingerprint density at radius 2 is 1.95 bits per heavy atom. The molecule has 1 heterocycles. The van der Waals surface area contributed by atoms with Crippen molar-refractivity contribution in [1.29, 1.82) is 0 Å². The average molecular weight is 280 g/mol. The molecule has 0 saturated heterocycles. The van der Waals surface area contributed by atoms with Crippen molar-refractivity contribution in [3.05, 3.63) is 58.7 Å². The highest BCUT2D eigenvalue weighted by Crippen LogP contribution is 2.27. The average Bonchev–Trinajstić information content (AvgIpc) is 2.51. The van der Waals surface area contributed by atoms with Gasteiger partial charge in [-0.25, -0.2) is 0 Å². The summed E-state index contributed by atoms with van der Waals surface area (Å²) >= 11 is 0. The smallest absolute Gasteiger partial charge is 0.257 e. The quantitative estimate of drug-likeness (QED) is 0.875. The number of amides is 1. The van der Waals surface area contributed by atoms with E-state index in [9.17, 15) is 4.79 Å². The summed E-state index contributed by atoms with van der Waals surface area (Å²) in [7, 11) is 0. The Hall–Kier alpha value is -2.29. The van der Waals surface area contributed by atoms with E-state index in [0.29, 0.717) is 0 Å². The zero-order valence-corrected chi connectivity index (χ0v) is 12.5. The van der Waals surface area contributed by atoms with Crippen LogP contribution in [0.1, 0.15) is 33.5 Å². The predicted molar refractivity (Wildman–Crippen MR) is 87.1 cm³/mol. The van der Waals surface area contributed by atoms with Crippen LogP contribution in [0.25, 0.3) is 0 Å². The van der Waals surface area contributed by atoms with Crippen LogP contribution >= 0.6 is 0 Å². The molecule has 108 valence electrons. The molecule has 21 heavy (non-hydrogen) atoms. The zero-order valence-electron chi connectivity index (χ0n) is 12.5. The number of nitrogens with one attached hydrogen (secondary N) is 2. The second kappa shape index (κ2) is 5.60. The van der Waals surface area contributed by atoms with Crippen molar-refractivity contribution in [2.45, 2.75) is 26.7 Å². The zero-order chi connectivity index (χ0) is 14.8. The summed E-state index contributed by atoms with van der Waals surface area (Å²) in [6.45, 7) is 5.02. The fourth-order valence-electron chi connectivity index (χ4n) is 2.77. The van der Waals surface area contributed by atoms with Crippen LogP contribution in [0, 0.1) is 13.8 Å². The van der Waals surface area contributed by atoms with E-state index < -0.39 is 0 Å². The van der Waals surface area contributed by atoms with Crippen molar-refractivity contribution in [2.24, 2.45) is 0 Å². The van der Waals surface area contributed by atoms with Crippen molar-refractivity contribution in [2.75, 3.05) is 17.2 Å². The van der Waals surface area contributed by atoms with Gasteiger partial charge in [0.1, 0.15) is 0 Å². The predicted octanol–water partition coefficient (Wildman–Crippen LogP) is 3.91. The molecule has 1 aliphatic rings. The first kappa shape index (κ1) is 13.7. The van der Waals surface area contributed by atoms with Gasteiger partial charge >= 0.3 is 0 Å². The minimum atomic E-state index is -0.0463. The van der Waals surface area contributed by atoms with Crippen LogP contribution in [0.2, 0.25) is 0 Å². The lowest BCUT2D eigenvalue weighted by atomic mass is 9.99. The van der Waals surface area contributed by atoms with Crippen molar-refractivity contribution in [3.8, 4) is 0 Å². The lowest BCUT2D eigenvalue weighted by Gasteiger charge is -2.21. The maximum atomic E-state index is 12.6. The lowest BCUT2D eigenvalue weighted by molar-refractivity contribution is 0.102. The molecule has 0 saturated carbocycles. The Labute approximate surface area is 125 Å². The summed E-state index contributed by atoms with van der Waals surface area (Å²) in [5.74, 6) is -0.0463. The second-order valence-electron chi connectivity index (χ2n) is 5.57. The Kier molecular flexibility index (Phi) is 3.65. The maximum Gasteiger partial charge on any atom is 0.257 e. The number of rotatable bonds is 2. The first-order chi connectivity index (χ1) is 10.2. The molecule has 0 atom stereocenters. The van der Waals surface area contributed by atoms with Gasteiger partial charge in [0, 0.05) is 12.2 Å². The second-order valence-corrected chi connectivity index (χ2v) is 5.57. The molecule has 0 spiro atoms. The first-order valence-corrected chi connectivity index (χ1v) is 7.40. The van der Waals surface area contributed by atoms with Gasteiger partial charge in [-0.1, -0.05) is 24.3 Å². The van der Waals surface area contributed by atoms with Gasteiger partial charge in [0.25, 0.3) is 5.91 Å². The van der Waals surface area contributed by atoms with Crippen LogP contribution < -0.4 is 10.6 Å². The van der Waals surface area contributed by atoms with Gasteiger partial charge in [-0.15, -0.1) is 0 Å². The number of hydrogen-bond acceptors (Lipinski definition) is 2. The molecule has 0 aliphatic carbocycles. The van der Waals surface area contributed by atoms with E-state index in [0.717, 1.165) is 41.9 Å². The van der Waals surface area contributed by atoms with E-state index in [1.807, 2.05) is 31.2 Å². The SMILES string of the molecule is Cc1cccc(NC(=O)c2cccc3c2NCCC3)c1C. The summed E-state index contributed by atoms with van der Waals surface area (Å²) < 4.78 is 0. The number of fused-ring (bicyclic) bond motifs is 1. The molecule has 1 aliphatic heterocycles. The maximum absolute atomic E-state index is 12.6. The van der Waals surface area contributed by atoms with E-state index in [4.69, 9.17) is 0 Å². The Morgan fingerprint density at radius 1 is 1.14 bits per heavy atom. The molecule has 2 N–H and O–H groups in total. The van der Waals surface area contributed by atoms with Crippen LogP contribution in [0.4, 0.5) is 11.4 Å². The van der Waals surface area contributed by atoms with E-state index >= 15 is 0 Å². The van der Waals surface area contributed by atoms with Crippen LogP contribution in [0.3, 0.4) is 0 Å². The molecule has 2 aromatic carbocycles. The molecule has 0 unspecified atom stereocenters. The van der Waals surface area contributed by atoms with Crippen molar-refractivity contribution in [3.63, 3.8) is 0 Å². The molecule has 2 aromatic rings. The van der Waals surface area contributed by atoms with Gasteiger partial charge < -0.3 is 10.6 Å². The van der Waals surface area contributed by atoms with Crippen molar-refractivity contribution < 1.29 is 4.79 Å². The summed E-state index contributed by atoms with van der Waals surface area (Å²) in [5.41, 5.74) is 6.13. The van der Waals surface area contributed by atoms with Gasteiger partial charge in [0.2, 0.25) is 0 Å². The topological polar surface area (TPSA) is 41.1 Å². The van der Waals surface area contributed by atoms with E-state index in [2.05, 4.69) is 29.7 Å². The van der Waals surface area contributed by atoms with Gasteiger partial charge in [-0.3, -0.25) is 4.79 Å². The Morgan fingerprint density at radius 3 is 2.81 bits per heavy atom. The third-order valence-electron chi connectivity index (χ3n) is 4.17. The largest absolute Gasteiger partial charge is 0.384 e. The molecular formula is C18H20N2O. The fraction of sp³-hybridized carbons (Fsp3) is 0.278. The number of para-hydroxylation sites is 1. The Bertz CT molecular complexity index is 692. The van der Waals surface area contributed by atoms with Crippen molar-refractivity contribution >= 4 is 17.3 Å². The summed E-state index contributed by atoms with van der Waals surface area (Å²) in [5, 5.41) is 6.40. The number of carbonyl (C=O) groups is 1. The van der Waals surface area contributed by atoms with Gasteiger partial charge in [0.15, 0.2) is 0 Å². The lowest BCUT2D eigenvalue weighted by Crippen LogP contribution is -2.19. The highest BCUT2D eigenvalue weighted by Gasteiger charge is 2.17. The van der Waals surface area contributed by atoms with Gasteiger partial charge in [0.05, 0.1) is 11.3 Å². The summed E-state index contributed by atoms with van der Waals surface area (Å²) in [6.07, 6.45) is 2.15. The summed E-state index contributed by atoms with van der Waals surface area (Å²) in [6, 6.07) is 11.9. The highest BCUT2D eigenvalue weighted by molar-refractivity contribution is 6.08. The monoisotopic (exact) mass is 280 g/mol. The third kappa shape index (κ3) is 2.64. The van der Waals surface area contributed by atoms with Crippen LogP contribution in [0.5, 0.6) is 0 Å². The minimum absolute atomic E-state index is 0.0463. The number of aryl methyl sites for hydroxylation is 2. The van der Waals surface area contributed by atoms with E-state index in [-0.39, 0.29) is 5.91 Å². The molecule has 0 radical (unpaired) electrons. The first-order valence-electron chi connectivity index (χ1n) is 7.40. The number of benzene rings is 2. The molecule has 3 heteroatoms. The van der Waals surface area contributed by atoms with Gasteiger partial charge in [-0.2, -0.15) is 0 Å². The normalized spacial score (nSPS) is 13.2. The molecule has 0 bridgehead atoms. The Balaban J connectivity index is 1.91. The standard InChI is InChI=1S/C18H20N2O/c1-12-6-3-10-16(13(12)2)20-18(21)15-9-4-7-14-8-5-11-19-17(14)15/h3-4,6-7,9-10,19H,5,8,11H2,1-2H3,(H,20,21). The molecule has 3 rings (SSSR count). The number of carbonyl (C=O) groups excluding carboxylic acids is 1. The van der Waals surface area contributed by atoms with E-state index in [1.165, 1.54) is 11.1 Å². The molecule has 0 aromatic heterocycles. The molecule has 1 amide bonds. The number of anilines is 2. The van der Waals surface area contributed by atoms with Crippen LogP contribution in [-0.2, 0) is 6.42 Å². The molecule has 3 nitrogen and oxygen atoms in total. The molecular weight excluding hydrogens is 260 g/mol. The van der Waals surface area contributed by atoms with E-state index in [1.54, 1.807) is 0 Å². The molecule has 0 fully saturated rings. The third-order valence-corrected chi connectivity index (χ3v) is 4.17. The van der Waals surface area contributed by atoms with Gasteiger partial charge in [-0.05, 0) is 55.5 Å². The highest BCUT2D eigenvalue weighted by atomic mass is 16.1. The van der Waals surface area contributed by atoms with Crippen LogP contribution in [0.15, 0.2) is 36.4 Å². The minimum Gasteiger partial charge on any atom is -0.384 e. The number of hydrogen-bond donors (Lipinski definition) is 2. The van der Waals surface area contributed by atoms with Crippen molar-refractivity contribution in [1.82, 2.24) is 0 Å². The van der Waals surface area contributed by atoms with Crippen LogP contribution in [-0.4, -0.2) is 12.5 Å². The summed E-state index contributed by atoms with van der Waals surface area (Å²) in [4.78, 5) is 12.6. The fourth-order valence-corrected chi connectivity index (χ4v) is 2.77.